The second-order valence-electron chi connectivity index (χ2n) is 12.3. The van der Waals surface area contributed by atoms with E-state index in [0.29, 0.717) is 17.8 Å². The number of fused-ring (bicyclic) bond motifs is 6. The van der Waals surface area contributed by atoms with E-state index in [4.69, 9.17) is 0 Å². The summed E-state index contributed by atoms with van der Waals surface area (Å²) in [6.07, 6.45) is 9.74. The average molecular weight is 472 g/mol. The number of Topliss-reactive ketones (excluding diaryl/α,β-unsaturated/α-hetero) is 1. The highest BCUT2D eigenvalue weighted by Crippen LogP contribution is 2.64. The molecule has 0 radical (unpaired) electrons. The number of halogens is 2. The van der Waals surface area contributed by atoms with Crippen LogP contribution in [0.4, 0.5) is 8.78 Å². The van der Waals surface area contributed by atoms with Crippen molar-refractivity contribution in [3.05, 3.63) is 23.8 Å². The van der Waals surface area contributed by atoms with Crippen molar-refractivity contribution in [1.82, 2.24) is 15.0 Å². The Morgan fingerprint density at radius 1 is 0.971 bits per heavy atom. The van der Waals surface area contributed by atoms with E-state index in [9.17, 15) is 18.7 Å². The Balaban J connectivity index is 1.18. The van der Waals surface area contributed by atoms with Crippen LogP contribution in [0.2, 0.25) is 0 Å². The Hall–Kier alpha value is -1.89. The summed E-state index contributed by atoms with van der Waals surface area (Å²) in [4.78, 5) is 14.8. The van der Waals surface area contributed by atoms with Gasteiger partial charge in [-0.05, 0) is 99.7 Å². The normalized spacial score (nSPS) is 41.7. The third kappa shape index (κ3) is 3.52. The summed E-state index contributed by atoms with van der Waals surface area (Å²) >= 11 is 0. The molecule has 0 aliphatic heterocycles. The van der Waals surface area contributed by atoms with Crippen LogP contribution in [0.5, 0.6) is 0 Å². The molecule has 1 heterocycles. The highest BCUT2D eigenvalue weighted by atomic mass is 19.2. The van der Waals surface area contributed by atoms with Gasteiger partial charge in [-0.2, -0.15) is 15.0 Å². The number of nitrogens with zero attached hydrogens (tertiary/aromatic N) is 3. The highest BCUT2D eigenvalue weighted by Gasteiger charge is 2.58. The molecule has 0 bridgehead atoms. The second-order valence-corrected chi connectivity index (χ2v) is 12.3. The van der Waals surface area contributed by atoms with Crippen LogP contribution in [0, 0.1) is 52.6 Å². The van der Waals surface area contributed by atoms with Crippen LogP contribution in [0.25, 0.3) is 11.0 Å². The lowest BCUT2D eigenvalue weighted by Crippen LogP contribution is -2.51. The number of aliphatic hydroxyl groups is 1. The Morgan fingerprint density at radius 2 is 1.65 bits per heavy atom. The smallest absolute Gasteiger partial charge is 0.161 e. The first-order chi connectivity index (χ1) is 16.1. The van der Waals surface area contributed by atoms with E-state index in [1.54, 1.807) is 0 Å². The molecule has 7 heteroatoms. The number of rotatable bonds is 3. The predicted molar refractivity (Wildman–Crippen MR) is 124 cm³/mol. The number of hydrogen-bond donors (Lipinski definition) is 1. The third-order valence-electron chi connectivity index (χ3n) is 10.4. The minimum atomic E-state index is -0.954. The standard InChI is InChI=1S/C27H35F2N3O2/c1-26(34)9-7-16-15(13-26)3-4-18-17(16)8-10-27(2)19(18)5-6-20(27)25(33)14-32-30-23-11-21(28)22(29)12-24(23)31-32/h11-12,15-20,34H,3-10,13-14H2,1-2H3/t15?,16-,17+,18+,19-,20+,26+,27-/m0/s1. The van der Waals surface area contributed by atoms with Crippen LogP contribution in [0.15, 0.2) is 12.1 Å². The van der Waals surface area contributed by atoms with Crippen molar-refractivity contribution >= 4 is 16.8 Å². The van der Waals surface area contributed by atoms with Crippen LogP contribution < -0.4 is 0 Å². The number of benzene rings is 1. The van der Waals surface area contributed by atoms with Gasteiger partial charge in [-0.25, -0.2) is 8.78 Å². The maximum atomic E-state index is 13.5. The van der Waals surface area contributed by atoms with Crippen molar-refractivity contribution in [2.24, 2.45) is 40.9 Å². The molecule has 4 aliphatic rings. The van der Waals surface area contributed by atoms with Gasteiger partial charge in [0.15, 0.2) is 17.4 Å². The first-order valence-electron chi connectivity index (χ1n) is 13.1. The molecule has 8 atom stereocenters. The molecule has 1 aromatic heterocycles. The maximum absolute atomic E-state index is 13.5. The largest absolute Gasteiger partial charge is 0.390 e. The van der Waals surface area contributed by atoms with Crippen molar-refractivity contribution < 1.29 is 18.7 Å². The highest BCUT2D eigenvalue weighted by molar-refractivity contribution is 5.82. The Kier molecular flexibility index (Phi) is 5.18. The number of ketones is 1. The monoisotopic (exact) mass is 471 g/mol. The molecule has 0 saturated heterocycles. The predicted octanol–water partition coefficient (Wildman–Crippen LogP) is 5.30. The van der Waals surface area contributed by atoms with Gasteiger partial charge in [0.1, 0.15) is 17.6 Å². The van der Waals surface area contributed by atoms with E-state index in [-0.39, 0.29) is 34.7 Å². The van der Waals surface area contributed by atoms with Crippen molar-refractivity contribution in [3.63, 3.8) is 0 Å². The molecule has 4 saturated carbocycles. The number of carbonyl (C=O) groups excluding carboxylic acids is 1. The zero-order chi connectivity index (χ0) is 23.8. The average Bonchev–Trinajstić information content (AvgIpc) is 3.32. The van der Waals surface area contributed by atoms with Crippen LogP contribution in [0.3, 0.4) is 0 Å². The molecule has 4 aliphatic carbocycles. The molecule has 34 heavy (non-hydrogen) atoms. The summed E-state index contributed by atoms with van der Waals surface area (Å²) in [5.41, 5.74) is 0.0536. The van der Waals surface area contributed by atoms with Gasteiger partial charge in [0.25, 0.3) is 0 Å². The molecule has 1 aromatic carbocycles. The molecule has 6 rings (SSSR count). The second kappa shape index (κ2) is 7.81. The first kappa shape index (κ1) is 22.6. The zero-order valence-corrected chi connectivity index (χ0v) is 20.1. The van der Waals surface area contributed by atoms with Crippen LogP contribution in [-0.2, 0) is 11.3 Å². The maximum Gasteiger partial charge on any atom is 0.161 e. The summed E-state index contributed by atoms with van der Waals surface area (Å²) < 4.78 is 27.1. The quantitative estimate of drug-likeness (QED) is 0.660. The fraction of sp³-hybridized carbons (Fsp3) is 0.741. The molecule has 5 nitrogen and oxygen atoms in total. The van der Waals surface area contributed by atoms with Crippen molar-refractivity contribution in [2.75, 3.05) is 0 Å². The zero-order valence-electron chi connectivity index (χ0n) is 20.1. The van der Waals surface area contributed by atoms with E-state index >= 15 is 0 Å². The number of carbonyl (C=O) groups is 1. The van der Waals surface area contributed by atoms with Crippen molar-refractivity contribution in [3.8, 4) is 0 Å². The molecule has 0 spiro atoms. The van der Waals surface area contributed by atoms with Gasteiger partial charge in [-0.15, -0.1) is 0 Å². The van der Waals surface area contributed by atoms with Gasteiger partial charge in [0.05, 0.1) is 5.60 Å². The van der Waals surface area contributed by atoms with E-state index in [2.05, 4.69) is 17.1 Å². The van der Waals surface area contributed by atoms with E-state index in [1.165, 1.54) is 24.1 Å². The van der Waals surface area contributed by atoms with Gasteiger partial charge in [0.2, 0.25) is 0 Å². The van der Waals surface area contributed by atoms with Gasteiger partial charge in [-0.3, -0.25) is 4.79 Å². The Morgan fingerprint density at radius 3 is 2.35 bits per heavy atom. The summed E-state index contributed by atoms with van der Waals surface area (Å²) in [6, 6.07) is 2.07. The molecule has 2 aromatic rings. The van der Waals surface area contributed by atoms with Crippen molar-refractivity contribution in [1.29, 1.82) is 0 Å². The number of aromatic nitrogens is 3. The topological polar surface area (TPSA) is 68.0 Å². The summed E-state index contributed by atoms with van der Waals surface area (Å²) in [7, 11) is 0. The van der Waals surface area contributed by atoms with E-state index < -0.39 is 17.2 Å². The fourth-order valence-electron chi connectivity index (χ4n) is 8.89. The Bertz CT molecular complexity index is 1090. The Labute approximate surface area is 199 Å². The molecule has 1 N–H and O–H groups in total. The van der Waals surface area contributed by atoms with E-state index in [1.807, 2.05) is 6.92 Å². The molecule has 0 amide bonds. The molecular formula is C27H35F2N3O2. The summed E-state index contributed by atoms with van der Waals surface area (Å²) in [5.74, 6) is 1.63. The van der Waals surface area contributed by atoms with Crippen LogP contribution in [-0.4, -0.2) is 31.5 Å². The summed E-state index contributed by atoms with van der Waals surface area (Å²) in [5, 5.41) is 19.1. The van der Waals surface area contributed by atoms with Gasteiger partial charge >= 0.3 is 0 Å². The SMILES string of the molecule is C[C@@]1(O)CC[C@H]2C(CC[C@@H]3[C@@H]2CC[C@]2(C)[C@@H](C(=O)Cn4nc5cc(F)c(F)cc5n4)CC[C@@H]32)C1. The third-order valence-corrected chi connectivity index (χ3v) is 10.4. The minimum absolute atomic E-state index is 0.00847. The number of hydrogen-bond acceptors (Lipinski definition) is 4. The van der Waals surface area contributed by atoms with Crippen LogP contribution in [0.1, 0.15) is 71.6 Å². The summed E-state index contributed by atoms with van der Waals surface area (Å²) in [6.45, 7) is 4.39. The van der Waals surface area contributed by atoms with Gasteiger partial charge < -0.3 is 5.11 Å². The van der Waals surface area contributed by atoms with Gasteiger partial charge in [0, 0.05) is 18.1 Å². The lowest BCUT2D eigenvalue weighted by molar-refractivity contribution is -0.133. The van der Waals surface area contributed by atoms with E-state index in [0.717, 1.165) is 62.5 Å². The molecule has 1 unspecified atom stereocenters. The first-order valence-corrected chi connectivity index (χ1v) is 13.1. The lowest BCUT2D eigenvalue weighted by Gasteiger charge is -2.56. The molecule has 4 fully saturated rings. The van der Waals surface area contributed by atoms with Gasteiger partial charge in [-0.1, -0.05) is 6.92 Å². The fourth-order valence-corrected chi connectivity index (χ4v) is 8.89. The molecule has 184 valence electrons. The minimum Gasteiger partial charge on any atom is -0.390 e. The molecular weight excluding hydrogens is 436 g/mol. The van der Waals surface area contributed by atoms with Crippen LogP contribution >= 0.6 is 0 Å². The lowest BCUT2D eigenvalue weighted by atomic mass is 9.49. The van der Waals surface area contributed by atoms with Crippen molar-refractivity contribution in [2.45, 2.75) is 83.8 Å².